The number of aliphatic carboxylic acids is 2. The molecule has 1 N–H and O–H groups in total. The van der Waals surface area contributed by atoms with Gasteiger partial charge in [0.2, 0.25) is 5.91 Å². The largest absolute Gasteiger partial charge is 2.00 e. The van der Waals surface area contributed by atoms with E-state index in [0.29, 0.717) is 6.42 Å². The molecule has 0 aromatic heterocycles. The van der Waals surface area contributed by atoms with Gasteiger partial charge >= 0.3 is 23.1 Å². The molecule has 0 radical (unpaired) electrons. The van der Waals surface area contributed by atoms with E-state index in [-0.39, 0.29) is 41.8 Å². The van der Waals surface area contributed by atoms with Crippen molar-refractivity contribution in [2.24, 2.45) is 0 Å². The smallest absolute Gasteiger partial charge is 0.550 e. The van der Waals surface area contributed by atoms with Crippen molar-refractivity contribution in [1.29, 1.82) is 0 Å². The van der Waals surface area contributed by atoms with Crippen molar-refractivity contribution in [2.45, 2.75) is 90.0 Å². The van der Waals surface area contributed by atoms with Gasteiger partial charge in [-0.2, -0.15) is 0 Å². The Hall–Kier alpha value is -0.824. The summed E-state index contributed by atoms with van der Waals surface area (Å²) in [6, 6.07) is -1.26. The zero-order valence-electron chi connectivity index (χ0n) is 14.8. The molecule has 0 aliphatic heterocycles. The molecule has 6 nitrogen and oxygen atoms in total. The van der Waals surface area contributed by atoms with Crippen LogP contribution in [0.25, 0.3) is 0 Å². The van der Waals surface area contributed by atoms with Crippen molar-refractivity contribution in [3.63, 3.8) is 0 Å². The number of carboxylic acid groups (broad SMARTS) is 2. The van der Waals surface area contributed by atoms with Crippen molar-refractivity contribution in [3.8, 4) is 0 Å². The van der Waals surface area contributed by atoms with E-state index in [1.807, 2.05) is 0 Å². The second-order valence-electron chi connectivity index (χ2n) is 5.93. The van der Waals surface area contributed by atoms with E-state index in [0.717, 1.165) is 12.8 Å². The second kappa shape index (κ2) is 17.0. The first-order chi connectivity index (χ1) is 11.0. The molecule has 0 rings (SSSR count). The molecule has 1 unspecified atom stereocenters. The Kier molecular flexibility index (Phi) is 18.0. The van der Waals surface area contributed by atoms with Crippen molar-refractivity contribution in [1.82, 2.24) is 5.32 Å². The van der Waals surface area contributed by atoms with Crippen molar-refractivity contribution < 1.29 is 24.6 Å². The van der Waals surface area contributed by atoms with Crippen LogP contribution in [0.15, 0.2) is 0 Å². The van der Waals surface area contributed by atoms with E-state index in [2.05, 4.69) is 12.2 Å². The molecule has 0 fully saturated rings. The van der Waals surface area contributed by atoms with Crippen LogP contribution in [0.2, 0.25) is 0 Å². The summed E-state index contributed by atoms with van der Waals surface area (Å²) in [4.78, 5) is 32.8. The molecule has 0 aliphatic rings. The molecule has 0 saturated heterocycles. The summed E-state index contributed by atoms with van der Waals surface area (Å²) in [6.45, 7) is 2.19. The van der Waals surface area contributed by atoms with Gasteiger partial charge in [0.25, 0.3) is 0 Å². The third-order valence-electron chi connectivity index (χ3n) is 3.76. The number of amides is 1. The first-order valence-corrected chi connectivity index (χ1v) is 8.67. The number of unbranched alkanes of at least 4 members (excludes halogenated alkanes) is 8. The topological polar surface area (TPSA) is 109 Å². The molecular weight excluding hydrogens is 322 g/mol. The van der Waals surface area contributed by atoms with Gasteiger partial charge in [-0.3, -0.25) is 4.79 Å². The van der Waals surface area contributed by atoms with Crippen LogP contribution in [0.3, 0.4) is 0 Å². The van der Waals surface area contributed by atoms with Crippen LogP contribution in [0.1, 0.15) is 84.0 Å². The van der Waals surface area contributed by atoms with Crippen molar-refractivity contribution in [3.05, 3.63) is 0 Å². The van der Waals surface area contributed by atoms with Gasteiger partial charge in [-0.15, -0.1) is 0 Å². The summed E-state index contributed by atoms with van der Waals surface area (Å²) < 4.78 is 0. The molecule has 0 bridgehead atoms. The molecule has 0 aromatic carbocycles. The third-order valence-corrected chi connectivity index (χ3v) is 3.76. The Bertz CT molecular complexity index is 363. The fraction of sp³-hybridized carbons (Fsp3) is 0.824. The van der Waals surface area contributed by atoms with E-state index >= 15 is 0 Å². The summed E-state index contributed by atoms with van der Waals surface area (Å²) in [5, 5.41) is 23.5. The number of carbonyl (C=O) groups is 3. The van der Waals surface area contributed by atoms with Gasteiger partial charge < -0.3 is 25.1 Å². The Morgan fingerprint density at radius 3 is 1.79 bits per heavy atom. The first-order valence-electron chi connectivity index (χ1n) is 8.67. The number of rotatable bonds is 15. The number of carbonyl (C=O) groups excluding carboxylic acids is 3. The maximum absolute atomic E-state index is 11.6. The predicted octanol–water partition coefficient (Wildman–Crippen LogP) is 0.291. The summed E-state index contributed by atoms with van der Waals surface area (Å²) in [6.07, 6.45) is 9.82. The van der Waals surface area contributed by atoms with Gasteiger partial charge in [-0.25, -0.2) is 0 Å². The Morgan fingerprint density at radius 2 is 1.33 bits per heavy atom. The standard InChI is InChI=1S/C17H31NO5.Mg/c1-2-3-4-5-6-7-8-9-10-11-15(19)18-14(17(22)23)12-13-16(20)21;/h14H,2-13H2,1H3,(H,18,19)(H,20,21)(H,22,23);/q;+2/p-2. The molecule has 0 heterocycles. The minimum atomic E-state index is -1.47. The van der Waals surface area contributed by atoms with Crippen molar-refractivity contribution in [2.75, 3.05) is 0 Å². The quantitative estimate of drug-likeness (QED) is 0.337. The average molecular weight is 352 g/mol. The van der Waals surface area contributed by atoms with Gasteiger partial charge in [0, 0.05) is 12.4 Å². The molecule has 24 heavy (non-hydrogen) atoms. The monoisotopic (exact) mass is 351 g/mol. The number of hydrogen-bond acceptors (Lipinski definition) is 5. The predicted molar refractivity (Wildman–Crippen MR) is 88.8 cm³/mol. The number of hydrogen-bond donors (Lipinski definition) is 1. The molecule has 134 valence electrons. The van der Waals surface area contributed by atoms with Crippen LogP contribution >= 0.6 is 0 Å². The molecular formula is C17H29MgNO5. The molecule has 0 aromatic rings. The molecule has 1 amide bonds. The van der Waals surface area contributed by atoms with Crippen LogP contribution in [-0.4, -0.2) is 46.9 Å². The second-order valence-corrected chi connectivity index (χ2v) is 5.93. The molecule has 7 heteroatoms. The zero-order valence-corrected chi connectivity index (χ0v) is 16.2. The molecule has 0 saturated carbocycles. The van der Waals surface area contributed by atoms with Crippen LogP contribution in [-0.2, 0) is 14.4 Å². The summed E-state index contributed by atoms with van der Waals surface area (Å²) in [7, 11) is 0. The van der Waals surface area contributed by atoms with Gasteiger partial charge in [-0.1, -0.05) is 58.3 Å². The normalized spacial score (nSPS) is 11.4. The minimum Gasteiger partial charge on any atom is -0.550 e. The van der Waals surface area contributed by atoms with Gasteiger partial charge in [0.1, 0.15) is 0 Å². The Labute approximate surface area is 160 Å². The SMILES string of the molecule is CCCCCCCCCCCC(=O)NC(CCC(=O)[O-])C(=O)[O-].[Mg+2]. The van der Waals surface area contributed by atoms with E-state index < -0.39 is 24.4 Å². The zero-order chi connectivity index (χ0) is 17.5. The van der Waals surface area contributed by atoms with E-state index in [1.165, 1.54) is 38.5 Å². The average Bonchev–Trinajstić information content (AvgIpc) is 2.49. The molecule has 1 atom stereocenters. The van der Waals surface area contributed by atoms with E-state index in [4.69, 9.17) is 0 Å². The summed E-state index contributed by atoms with van der Waals surface area (Å²) >= 11 is 0. The summed E-state index contributed by atoms with van der Waals surface area (Å²) in [5.74, 6) is -3.18. The molecule has 0 spiro atoms. The van der Waals surface area contributed by atoms with Crippen LogP contribution in [0.4, 0.5) is 0 Å². The van der Waals surface area contributed by atoms with Crippen molar-refractivity contribution >= 4 is 40.9 Å². The summed E-state index contributed by atoms with van der Waals surface area (Å²) in [5.41, 5.74) is 0. The van der Waals surface area contributed by atoms with Gasteiger partial charge in [0.15, 0.2) is 0 Å². The van der Waals surface area contributed by atoms with Crippen LogP contribution < -0.4 is 15.5 Å². The maximum Gasteiger partial charge on any atom is 2.00 e. The maximum atomic E-state index is 11.6. The third kappa shape index (κ3) is 16.0. The van der Waals surface area contributed by atoms with Crippen LogP contribution in [0.5, 0.6) is 0 Å². The van der Waals surface area contributed by atoms with Gasteiger partial charge in [0.05, 0.1) is 12.0 Å². The number of carboxylic acids is 2. The fourth-order valence-corrected chi connectivity index (χ4v) is 2.37. The molecule has 0 aliphatic carbocycles. The minimum absolute atomic E-state index is 0. The fourth-order valence-electron chi connectivity index (χ4n) is 2.37. The Morgan fingerprint density at radius 1 is 0.833 bits per heavy atom. The Balaban J connectivity index is 0. The van der Waals surface area contributed by atoms with Crippen LogP contribution in [0, 0.1) is 0 Å². The van der Waals surface area contributed by atoms with E-state index in [1.54, 1.807) is 0 Å². The first kappa shape index (κ1) is 25.4. The van der Waals surface area contributed by atoms with Gasteiger partial charge in [-0.05, 0) is 19.3 Å². The van der Waals surface area contributed by atoms with E-state index in [9.17, 15) is 24.6 Å². The number of nitrogens with one attached hydrogen (secondary N) is 1.